The van der Waals surface area contributed by atoms with Crippen molar-refractivity contribution in [3.05, 3.63) is 81.8 Å². The Morgan fingerprint density at radius 2 is 1.83 bits per heavy atom. The zero-order valence-corrected chi connectivity index (χ0v) is 14.9. The number of thiazole rings is 1. The number of benzene rings is 2. The minimum Gasteiger partial charge on any atom is -0.300 e. The maximum atomic E-state index is 12.2. The first-order valence-electron chi connectivity index (χ1n) is 7.31. The molecule has 2 aromatic carbocycles. The van der Waals surface area contributed by atoms with Crippen molar-refractivity contribution < 1.29 is 4.79 Å². The highest BCUT2D eigenvalue weighted by Crippen LogP contribution is 2.27. The summed E-state index contributed by atoms with van der Waals surface area (Å²) in [5.74, 6) is -0.290. The van der Waals surface area contributed by atoms with Crippen LogP contribution < -0.4 is 5.32 Å². The summed E-state index contributed by atoms with van der Waals surface area (Å²) in [7, 11) is 0. The quantitative estimate of drug-likeness (QED) is 0.613. The maximum Gasteiger partial charge on any atom is 0.248 e. The topological polar surface area (TPSA) is 42.0 Å². The fourth-order valence-corrected chi connectivity index (χ4v) is 3.46. The average molecular weight is 377 g/mol. The molecule has 6 heteroatoms. The number of amides is 1. The zero-order chi connectivity index (χ0) is 16.9. The second-order valence-electron chi connectivity index (χ2n) is 5.16. The Morgan fingerprint density at radius 1 is 1.12 bits per heavy atom. The highest BCUT2D eigenvalue weighted by Gasteiger charge is 2.18. The van der Waals surface area contributed by atoms with Crippen LogP contribution in [0.3, 0.4) is 0 Å². The van der Waals surface area contributed by atoms with Crippen LogP contribution in [0.4, 0.5) is 5.13 Å². The number of halogens is 2. The molecule has 3 rings (SSSR count). The summed E-state index contributed by atoms with van der Waals surface area (Å²) in [6.45, 7) is 0. The number of aromatic nitrogens is 1. The Labute approximate surface area is 154 Å². The Bertz CT molecular complexity index is 836. The van der Waals surface area contributed by atoms with Crippen molar-refractivity contribution in [2.24, 2.45) is 0 Å². The van der Waals surface area contributed by atoms with E-state index in [-0.39, 0.29) is 5.91 Å². The van der Waals surface area contributed by atoms with E-state index in [1.165, 1.54) is 11.3 Å². The highest BCUT2D eigenvalue weighted by molar-refractivity contribution is 7.15. The molecule has 0 saturated carbocycles. The maximum absolute atomic E-state index is 12.2. The van der Waals surface area contributed by atoms with Crippen LogP contribution in [0.5, 0.6) is 0 Å². The Hall–Kier alpha value is -1.88. The molecule has 0 aliphatic rings. The number of carbonyl (C=O) groups excluding carboxylic acids is 1. The van der Waals surface area contributed by atoms with Crippen LogP contribution in [0.25, 0.3) is 0 Å². The number of alkyl halides is 1. The molecule has 1 aromatic heterocycles. The Morgan fingerprint density at radius 3 is 2.58 bits per heavy atom. The number of nitrogens with one attached hydrogen (secondary N) is 1. The molecule has 0 unspecified atom stereocenters. The first-order chi connectivity index (χ1) is 11.6. The fourth-order valence-electron chi connectivity index (χ4n) is 2.22. The summed E-state index contributed by atoms with van der Waals surface area (Å²) in [5, 5.41) is 3.27. The number of anilines is 1. The van der Waals surface area contributed by atoms with Gasteiger partial charge >= 0.3 is 0 Å². The van der Waals surface area contributed by atoms with E-state index in [4.69, 9.17) is 23.2 Å². The van der Waals surface area contributed by atoms with Crippen LogP contribution in [0.15, 0.2) is 60.8 Å². The molecule has 1 heterocycles. The normalized spacial score (nSPS) is 11.9. The van der Waals surface area contributed by atoms with Gasteiger partial charge in [-0.1, -0.05) is 60.1 Å². The van der Waals surface area contributed by atoms with Gasteiger partial charge in [-0.25, -0.2) is 4.98 Å². The summed E-state index contributed by atoms with van der Waals surface area (Å²) >= 11 is 13.8. The van der Waals surface area contributed by atoms with Crippen molar-refractivity contribution in [3.63, 3.8) is 0 Å². The molecule has 122 valence electrons. The highest BCUT2D eigenvalue weighted by atomic mass is 35.5. The van der Waals surface area contributed by atoms with Crippen LogP contribution in [-0.4, -0.2) is 10.9 Å². The number of carbonyl (C=O) groups is 1. The van der Waals surface area contributed by atoms with Crippen LogP contribution in [0.2, 0.25) is 5.02 Å². The van der Waals surface area contributed by atoms with E-state index in [1.54, 1.807) is 6.20 Å². The molecule has 0 radical (unpaired) electrons. The molecular weight excluding hydrogens is 363 g/mol. The van der Waals surface area contributed by atoms with Gasteiger partial charge in [0.15, 0.2) is 5.13 Å². The van der Waals surface area contributed by atoms with E-state index in [0.29, 0.717) is 11.6 Å². The van der Waals surface area contributed by atoms with E-state index >= 15 is 0 Å². The summed E-state index contributed by atoms with van der Waals surface area (Å²) in [6.07, 6.45) is 2.42. The standard InChI is InChI=1S/C18H14Cl2N2OS/c19-15-9-5-4-8-13(15)10-14-11-21-18(24-14)22-17(23)16(20)12-6-2-1-3-7-12/h1-9,11,16H,10H2,(H,21,22,23)/t16-/m0/s1. The lowest BCUT2D eigenvalue weighted by atomic mass is 10.1. The van der Waals surface area contributed by atoms with Crippen molar-refractivity contribution >= 4 is 45.6 Å². The van der Waals surface area contributed by atoms with Gasteiger partial charge < -0.3 is 5.32 Å². The molecule has 0 aliphatic carbocycles. The van der Waals surface area contributed by atoms with Gasteiger partial charge in [-0.15, -0.1) is 22.9 Å². The summed E-state index contributed by atoms with van der Waals surface area (Å²) in [4.78, 5) is 17.5. The van der Waals surface area contributed by atoms with Gasteiger partial charge in [0, 0.05) is 22.5 Å². The zero-order valence-electron chi connectivity index (χ0n) is 12.6. The van der Waals surface area contributed by atoms with Crippen LogP contribution >= 0.6 is 34.5 Å². The van der Waals surface area contributed by atoms with Crippen molar-refractivity contribution in [2.75, 3.05) is 5.32 Å². The van der Waals surface area contributed by atoms with E-state index in [9.17, 15) is 4.79 Å². The SMILES string of the molecule is O=C(Nc1ncc(Cc2ccccc2Cl)s1)[C@@H](Cl)c1ccccc1. The summed E-state index contributed by atoms with van der Waals surface area (Å²) in [5.41, 5.74) is 1.78. The van der Waals surface area contributed by atoms with Gasteiger partial charge in [0.25, 0.3) is 0 Å². The van der Waals surface area contributed by atoms with Gasteiger partial charge in [-0.2, -0.15) is 0 Å². The van der Waals surface area contributed by atoms with Crippen LogP contribution in [0.1, 0.15) is 21.4 Å². The predicted octanol–water partition coefficient (Wildman–Crippen LogP) is 5.31. The Balaban J connectivity index is 1.66. The van der Waals surface area contributed by atoms with Crippen molar-refractivity contribution in [1.29, 1.82) is 0 Å². The molecule has 3 nitrogen and oxygen atoms in total. The third-order valence-corrected chi connectivity index (χ3v) is 5.16. The Kier molecular flexibility index (Phi) is 5.51. The number of rotatable bonds is 5. The third kappa shape index (κ3) is 4.15. The third-order valence-electron chi connectivity index (χ3n) is 3.43. The van der Waals surface area contributed by atoms with Crippen LogP contribution in [-0.2, 0) is 11.2 Å². The molecule has 0 fully saturated rings. The lowest BCUT2D eigenvalue weighted by Gasteiger charge is -2.08. The number of hydrogen-bond donors (Lipinski definition) is 1. The lowest BCUT2D eigenvalue weighted by molar-refractivity contribution is -0.116. The minimum atomic E-state index is -0.748. The van der Waals surface area contributed by atoms with E-state index < -0.39 is 5.38 Å². The smallest absolute Gasteiger partial charge is 0.248 e. The van der Waals surface area contributed by atoms with E-state index in [2.05, 4.69) is 10.3 Å². The van der Waals surface area contributed by atoms with Crippen molar-refractivity contribution in [1.82, 2.24) is 4.98 Å². The molecule has 1 amide bonds. The second-order valence-corrected chi connectivity index (χ2v) is 7.12. The van der Waals surface area contributed by atoms with Gasteiger partial charge in [0.2, 0.25) is 5.91 Å². The molecule has 0 spiro atoms. The predicted molar refractivity (Wildman–Crippen MR) is 100 cm³/mol. The van der Waals surface area contributed by atoms with E-state index in [0.717, 1.165) is 21.0 Å². The first kappa shape index (κ1) is 17.0. The number of nitrogens with zero attached hydrogens (tertiary/aromatic N) is 1. The van der Waals surface area contributed by atoms with E-state index in [1.807, 2.05) is 54.6 Å². The molecule has 0 bridgehead atoms. The summed E-state index contributed by atoms with van der Waals surface area (Å²) < 4.78 is 0. The minimum absolute atomic E-state index is 0.290. The van der Waals surface area contributed by atoms with Gasteiger partial charge in [0.1, 0.15) is 5.38 Å². The van der Waals surface area contributed by atoms with Crippen molar-refractivity contribution in [3.8, 4) is 0 Å². The van der Waals surface area contributed by atoms with Gasteiger partial charge in [0.05, 0.1) is 0 Å². The average Bonchev–Trinajstić information content (AvgIpc) is 3.04. The second kappa shape index (κ2) is 7.79. The molecule has 0 saturated heterocycles. The molecule has 3 aromatic rings. The molecule has 1 atom stereocenters. The molecule has 24 heavy (non-hydrogen) atoms. The largest absolute Gasteiger partial charge is 0.300 e. The lowest BCUT2D eigenvalue weighted by Crippen LogP contribution is -2.17. The fraction of sp³-hybridized carbons (Fsp3) is 0.111. The molecule has 1 N–H and O–H groups in total. The van der Waals surface area contributed by atoms with Crippen molar-refractivity contribution in [2.45, 2.75) is 11.8 Å². The number of hydrogen-bond acceptors (Lipinski definition) is 3. The van der Waals surface area contributed by atoms with Gasteiger partial charge in [-0.3, -0.25) is 4.79 Å². The first-order valence-corrected chi connectivity index (χ1v) is 8.94. The molecule has 0 aliphatic heterocycles. The summed E-state index contributed by atoms with van der Waals surface area (Å²) in [6, 6.07) is 16.9. The monoisotopic (exact) mass is 376 g/mol. The molecular formula is C18H14Cl2N2OS. The van der Waals surface area contributed by atoms with Crippen LogP contribution in [0, 0.1) is 0 Å². The van der Waals surface area contributed by atoms with Gasteiger partial charge in [-0.05, 0) is 17.2 Å².